The first-order chi connectivity index (χ1) is 7.74. The van der Waals surface area contributed by atoms with Crippen LogP contribution in [-0.4, -0.2) is 11.5 Å². The van der Waals surface area contributed by atoms with Crippen molar-refractivity contribution in [3.63, 3.8) is 0 Å². The SMILES string of the molecule is CC(C)Cc1ncc(CNCC2CCC2)s1. The number of hydrogen-bond acceptors (Lipinski definition) is 3. The van der Waals surface area contributed by atoms with Crippen LogP contribution in [0.3, 0.4) is 0 Å². The first-order valence-corrected chi connectivity index (χ1v) is 7.20. The predicted octanol–water partition coefficient (Wildman–Crippen LogP) is 3.23. The second kappa shape index (κ2) is 5.78. The highest BCUT2D eigenvalue weighted by atomic mass is 32.1. The molecular weight excluding hydrogens is 216 g/mol. The van der Waals surface area contributed by atoms with Gasteiger partial charge >= 0.3 is 0 Å². The van der Waals surface area contributed by atoms with E-state index in [-0.39, 0.29) is 0 Å². The van der Waals surface area contributed by atoms with Crippen LogP contribution < -0.4 is 5.32 Å². The van der Waals surface area contributed by atoms with E-state index in [4.69, 9.17) is 0 Å². The third-order valence-corrected chi connectivity index (χ3v) is 4.16. The van der Waals surface area contributed by atoms with Crippen molar-refractivity contribution in [2.45, 2.75) is 46.1 Å². The summed E-state index contributed by atoms with van der Waals surface area (Å²) in [4.78, 5) is 5.85. The molecule has 1 saturated carbocycles. The summed E-state index contributed by atoms with van der Waals surface area (Å²) < 4.78 is 0. The quantitative estimate of drug-likeness (QED) is 0.823. The lowest BCUT2D eigenvalue weighted by atomic mass is 9.85. The molecule has 0 aromatic carbocycles. The van der Waals surface area contributed by atoms with Crippen LogP contribution in [0.25, 0.3) is 0 Å². The molecule has 0 aliphatic heterocycles. The van der Waals surface area contributed by atoms with E-state index in [0.717, 1.165) is 18.9 Å². The van der Waals surface area contributed by atoms with Gasteiger partial charge in [0.15, 0.2) is 0 Å². The summed E-state index contributed by atoms with van der Waals surface area (Å²) >= 11 is 1.86. The van der Waals surface area contributed by atoms with Crippen LogP contribution in [0.4, 0.5) is 0 Å². The van der Waals surface area contributed by atoms with Crippen molar-refractivity contribution in [1.82, 2.24) is 10.3 Å². The zero-order chi connectivity index (χ0) is 11.4. The van der Waals surface area contributed by atoms with Crippen molar-refractivity contribution < 1.29 is 0 Å². The highest BCUT2D eigenvalue weighted by molar-refractivity contribution is 7.11. The van der Waals surface area contributed by atoms with Crippen molar-refractivity contribution in [2.75, 3.05) is 6.54 Å². The largest absolute Gasteiger partial charge is 0.312 e. The summed E-state index contributed by atoms with van der Waals surface area (Å²) in [6, 6.07) is 0. The summed E-state index contributed by atoms with van der Waals surface area (Å²) in [5.74, 6) is 1.66. The van der Waals surface area contributed by atoms with Gasteiger partial charge in [-0.1, -0.05) is 20.3 Å². The van der Waals surface area contributed by atoms with Crippen LogP contribution in [0, 0.1) is 11.8 Å². The van der Waals surface area contributed by atoms with Gasteiger partial charge in [-0.3, -0.25) is 0 Å². The number of nitrogens with one attached hydrogen (secondary N) is 1. The first-order valence-electron chi connectivity index (χ1n) is 6.38. The number of thiazole rings is 1. The van der Waals surface area contributed by atoms with Crippen molar-refractivity contribution in [3.05, 3.63) is 16.1 Å². The third kappa shape index (κ3) is 3.56. The van der Waals surface area contributed by atoms with E-state index in [1.165, 1.54) is 35.7 Å². The van der Waals surface area contributed by atoms with E-state index < -0.39 is 0 Å². The number of nitrogens with zero attached hydrogens (tertiary/aromatic N) is 1. The fraction of sp³-hybridized carbons (Fsp3) is 0.769. The second-order valence-corrected chi connectivity index (χ2v) is 6.45. The van der Waals surface area contributed by atoms with E-state index in [2.05, 4.69) is 24.1 Å². The molecule has 0 unspecified atom stereocenters. The maximum atomic E-state index is 4.47. The maximum absolute atomic E-state index is 4.47. The van der Waals surface area contributed by atoms with Gasteiger partial charge < -0.3 is 5.32 Å². The van der Waals surface area contributed by atoms with Crippen molar-refractivity contribution in [2.24, 2.45) is 11.8 Å². The Kier molecular flexibility index (Phi) is 4.36. The van der Waals surface area contributed by atoms with Gasteiger partial charge in [-0.15, -0.1) is 11.3 Å². The Morgan fingerprint density at radius 2 is 2.31 bits per heavy atom. The molecule has 0 atom stereocenters. The molecule has 1 aromatic heterocycles. The highest BCUT2D eigenvalue weighted by Crippen LogP contribution is 2.25. The second-order valence-electron chi connectivity index (χ2n) is 5.25. The number of hydrogen-bond donors (Lipinski definition) is 1. The van der Waals surface area contributed by atoms with Gasteiger partial charge in [0.05, 0.1) is 5.01 Å². The van der Waals surface area contributed by atoms with Crippen molar-refractivity contribution in [1.29, 1.82) is 0 Å². The highest BCUT2D eigenvalue weighted by Gasteiger charge is 2.16. The molecule has 1 aliphatic carbocycles. The molecule has 2 nitrogen and oxygen atoms in total. The third-order valence-electron chi connectivity index (χ3n) is 3.14. The fourth-order valence-electron chi connectivity index (χ4n) is 1.97. The summed E-state index contributed by atoms with van der Waals surface area (Å²) in [6.45, 7) is 6.69. The van der Waals surface area contributed by atoms with E-state index >= 15 is 0 Å². The molecule has 3 heteroatoms. The minimum absolute atomic E-state index is 0.710. The Morgan fingerprint density at radius 1 is 1.50 bits per heavy atom. The molecule has 16 heavy (non-hydrogen) atoms. The van der Waals surface area contributed by atoms with Gasteiger partial charge in [0.2, 0.25) is 0 Å². The van der Waals surface area contributed by atoms with Crippen LogP contribution in [0.5, 0.6) is 0 Å². The summed E-state index contributed by atoms with van der Waals surface area (Å²) in [5, 5.41) is 4.83. The van der Waals surface area contributed by atoms with Gasteiger partial charge in [0, 0.05) is 24.0 Å². The van der Waals surface area contributed by atoms with Gasteiger partial charge in [0.25, 0.3) is 0 Å². The van der Waals surface area contributed by atoms with Crippen LogP contribution >= 0.6 is 11.3 Å². The maximum Gasteiger partial charge on any atom is 0.0930 e. The van der Waals surface area contributed by atoms with Crippen LogP contribution in [0.1, 0.15) is 43.0 Å². The molecule has 1 aliphatic rings. The van der Waals surface area contributed by atoms with Gasteiger partial charge in [-0.2, -0.15) is 0 Å². The Morgan fingerprint density at radius 3 is 2.94 bits per heavy atom. The van der Waals surface area contributed by atoms with E-state index in [1.807, 2.05) is 17.5 Å². The molecule has 1 fully saturated rings. The van der Waals surface area contributed by atoms with Crippen LogP contribution in [0.2, 0.25) is 0 Å². The topological polar surface area (TPSA) is 24.9 Å². The molecule has 0 spiro atoms. The average molecular weight is 238 g/mol. The zero-order valence-corrected chi connectivity index (χ0v) is 11.1. The van der Waals surface area contributed by atoms with E-state index in [9.17, 15) is 0 Å². The lowest BCUT2D eigenvalue weighted by Gasteiger charge is -2.25. The molecule has 0 amide bonds. The lowest BCUT2D eigenvalue weighted by molar-refractivity contribution is 0.301. The average Bonchev–Trinajstić information content (AvgIpc) is 2.56. The fourth-order valence-corrected chi connectivity index (χ4v) is 3.07. The molecule has 1 aromatic rings. The predicted molar refractivity (Wildman–Crippen MR) is 69.7 cm³/mol. The standard InChI is InChI=1S/C13H22N2S/c1-10(2)6-13-15-9-12(16-13)8-14-7-11-4-3-5-11/h9-11,14H,3-8H2,1-2H3. The first kappa shape index (κ1) is 12.1. The molecule has 1 N–H and O–H groups in total. The van der Waals surface area contributed by atoms with Crippen molar-refractivity contribution in [3.8, 4) is 0 Å². The minimum Gasteiger partial charge on any atom is -0.312 e. The summed E-state index contributed by atoms with van der Waals surface area (Å²) in [7, 11) is 0. The molecule has 0 radical (unpaired) electrons. The Balaban J connectivity index is 1.69. The van der Waals surface area contributed by atoms with Gasteiger partial charge in [0.1, 0.15) is 0 Å². The molecule has 1 heterocycles. The smallest absolute Gasteiger partial charge is 0.0930 e. The minimum atomic E-state index is 0.710. The Bertz CT molecular complexity index is 315. The number of rotatable bonds is 6. The molecule has 0 saturated heterocycles. The Hall–Kier alpha value is -0.410. The number of aromatic nitrogens is 1. The monoisotopic (exact) mass is 238 g/mol. The molecule has 2 rings (SSSR count). The molecule has 0 bridgehead atoms. The van der Waals surface area contributed by atoms with Crippen LogP contribution in [0.15, 0.2) is 6.20 Å². The zero-order valence-electron chi connectivity index (χ0n) is 10.3. The summed E-state index contributed by atoms with van der Waals surface area (Å²) in [6.07, 6.45) is 7.44. The molecule has 90 valence electrons. The van der Waals surface area contributed by atoms with E-state index in [0.29, 0.717) is 5.92 Å². The summed E-state index contributed by atoms with van der Waals surface area (Å²) in [5.41, 5.74) is 0. The normalized spacial score (nSPS) is 16.7. The van der Waals surface area contributed by atoms with Crippen molar-refractivity contribution >= 4 is 11.3 Å². The molecular formula is C13H22N2S. The Labute approximate surface area is 102 Å². The van der Waals surface area contributed by atoms with Gasteiger partial charge in [-0.05, 0) is 31.2 Å². The lowest BCUT2D eigenvalue weighted by Crippen LogP contribution is -2.26. The van der Waals surface area contributed by atoms with Crippen LogP contribution in [-0.2, 0) is 13.0 Å². The van der Waals surface area contributed by atoms with E-state index in [1.54, 1.807) is 0 Å². The van der Waals surface area contributed by atoms with Gasteiger partial charge in [-0.25, -0.2) is 4.98 Å².